The highest BCUT2D eigenvalue weighted by Gasteiger charge is 2.56. The van der Waals surface area contributed by atoms with E-state index in [0.717, 1.165) is 0 Å². The molecular weight excluding hydrogens is 489 g/mol. The molecule has 0 unspecified atom stereocenters. The van der Waals surface area contributed by atoms with Crippen molar-refractivity contribution >= 4 is 50.3 Å². The SMILES string of the molecule is Nc1nc(/C(=N/O)C(=O)N[C@@H]2C(=O)N3C(C(=O)O)=C(OS(=O)(=O)C(F)(F)F)CC[C@H]23)ns1. The number of aliphatic carboxylic acids is 1. The lowest BCUT2D eigenvalue weighted by atomic mass is 9.85. The predicted octanol–water partition coefficient (Wildman–Crippen LogP) is -1.05. The Morgan fingerprint density at radius 1 is 1.38 bits per heavy atom. The van der Waals surface area contributed by atoms with Gasteiger partial charge in [-0.2, -0.15) is 30.9 Å². The summed E-state index contributed by atoms with van der Waals surface area (Å²) in [6.45, 7) is 0. The van der Waals surface area contributed by atoms with Gasteiger partial charge in [-0.25, -0.2) is 4.79 Å². The van der Waals surface area contributed by atoms with Crippen molar-refractivity contribution < 1.29 is 50.5 Å². The number of anilines is 1. The summed E-state index contributed by atoms with van der Waals surface area (Å²) in [5.74, 6) is -5.54. The van der Waals surface area contributed by atoms with Crippen LogP contribution < -0.4 is 11.1 Å². The normalized spacial score (nSPS) is 21.7. The number of carbonyl (C=O) groups excluding carboxylic acids is 2. The first-order chi connectivity index (χ1) is 14.8. The summed E-state index contributed by atoms with van der Waals surface area (Å²) in [6.07, 6.45) is -0.841. The Labute approximate surface area is 179 Å². The molecule has 1 saturated heterocycles. The van der Waals surface area contributed by atoms with Gasteiger partial charge >= 0.3 is 21.6 Å². The highest BCUT2D eigenvalue weighted by atomic mass is 32.2. The van der Waals surface area contributed by atoms with E-state index in [1.54, 1.807) is 0 Å². The summed E-state index contributed by atoms with van der Waals surface area (Å²) in [7, 11) is -6.17. The fourth-order valence-corrected chi connectivity index (χ4v) is 3.98. The third-order valence-electron chi connectivity index (χ3n) is 4.34. The molecular formula is C13H11F3N6O8S2. The topological polar surface area (TPSA) is 214 Å². The smallest absolute Gasteiger partial charge is 0.476 e. The number of alkyl halides is 3. The maximum atomic E-state index is 12.6. The van der Waals surface area contributed by atoms with Crippen LogP contribution in [0.1, 0.15) is 18.7 Å². The number of amides is 2. The van der Waals surface area contributed by atoms with Crippen LogP contribution in [0, 0.1) is 0 Å². The average Bonchev–Trinajstić information content (AvgIpc) is 3.10. The zero-order chi connectivity index (χ0) is 24.0. The van der Waals surface area contributed by atoms with E-state index in [1.165, 1.54) is 0 Å². The van der Waals surface area contributed by atoms with E-state index in [1.807, 2.05) is 0 Å². The zero-order valence-electron chi connectivity index (χ0n) is 15.2. The Hall–Kier alpha value is -3.48. The van der Waals surface area contributed by atoms with Crippen LogP contribution in [0.3, 0.4) is 0 Å². The molecule has 1 aromatic rings. The van der Waals surface area contributed by atoms with Crippen molar-refractivity contribution in [3.8, 4) is 0 Å². The zero-order valence-corrected chi connectivity index (χ0v) is 16.9. The van der Waals surface area contributed by atoms with Gasteiger partial charge in [-0.05, 0) is 6.42 Å². The van der Waals surface area contributed by atoms with Crippen molar-refractivity contribution in [1.82, 2.24) is 19.6 Å². The van der Waals surface area contributed by atoms with Gasteiger partial charge in [0.05, 0.1) is 6.04 Å². The molecule has 174 valence electrons. The Morgan fingerprint density at radius 3 is 2.53 bits per heavy atom. The molecule has 0 spiro atoms. The van der Waals surface area contributed by atoms with Crippen molar-refractivity contribution in [2.45, 2.75) is 30.4 Å². The lowest BCUT2D eigenvalue weighted by molar-refractivity contribution is -0.156. The minimum absolute atomic E-state index is 0.0512. The molecule has 14 nitrogen and oxygen atoms in total. The van der Waals surface area contributed by atoms with Crippen LogP contribution in [0.4, 0.5) is 18.3 Å². The van der Waals surface area contributed by atoms with Gasteiger partial charge < -0.3 is 25.5 Å². The highest BCUT2D eigenvalue weighted by molar-refractivity contribution is 7.87. The second-order valence-corrected chi connectivity index (χ2v) is 8.55. The minimum Gasteiger partial charge on any atom is -0.476 e. The van der Waals surface area contributed by atoms with Gasteiger partial charge in [0.2, 0.25) is 11.5 Å². The number of rotatable bonds is 6. The summed E-state index contributed by atoms with van der Waals surface area (Å²) < 4.78 is 67.8. The van der Waals surface area contributed by atoms with E-state index >= 15 is 0 Å². The van der Waals surface area contributed by atoms with Crippen LogP contribution in [-0.4, -0.2) is 74.1 Å². The van der Waals surface area contributed by atoms with Crippen LogP contribution in [0.25, 0.3) is 0 Å². The number of carboxylic acid groups (broad SMARTS) is 1. The van der Waals surface area contributed by atoms with Crippen molar-refractivity contribution in [2.24, 2.45) is 5.16 Å². The Balaban J connectivity index is 1.82. The van der Waals surface area contributed by atoms with Gasteiger partial charge in [-0.15, -0.1) is 0 Å². The maximum Gasteiger partial charge on any atom is 0.534 e. The van der Waals surface area contributed by atoms with Crippen LogP contribution in [0.5, 0.6) is 0 Å². The third kappa shape index (κ3) is 3.90. The highest BCUT2D eigenvalue weighted by Crippen LogP contribution is 2.39. The first kappa shape index (κ1) is 23.2. The van der Waals surface area contributed by atoms with Gasteiger partial charge in [0, 0.05) is 18.0 Å². The fourth-order valence-electron chi connectivity index (χ4n) is 3.02. The second kappa shape index (κ2) is 7.89. The molecule has 19 heteroatoms. The second-order valence-electron chi connectivity index (χ2n) is 6.23. The largest absolute Gasteiger partial charge is 0.534 e. The van der Waals surface area contributed by atoms with Gasteiger partial charge in [0.15, 0.2) is 16.6 Å². The standard InChI is InChI=1S/C13H11F3N6O8S2/c14-13(15,16)32(28,29)30-4-2-1-3-5(10(24)22(3)7(4)11(25)26)18-9(23)6(20-27)8-19-12(17)31-21-8/h3,5,27H,1-2H2,(H,18,23)(H,25,26)(H2,17,19,21)/b20-6-/t3-,5+/m1/s1. The number of β-lactam (4-membered cyclic amide) rings is 1. The number of carboxylic acids is 1. The van der Waals surface area contributed by atoms with E-state index < -0.39 is 69.1 Å². The first-order valence-electron chi connectivity index (χ1n) is 8.21. The monoisotopic (exact) mass is 500 g/mol. The number of allylic oxidation sites excluding steroid dienone is 1. The summed E-state index contributed by atoms with van der Waals surface area (Å²) in [5.41, 5.74) is -2.24. The molecule has 2 atom stereocenters. The number of fused-ring (bicyclic) bond motifs is 1. The Morgan fingerprint density at radius 2 is 2.03 bits per heavy atom. The number of halogens is 3. The number of hydrogen-bond acceptors (Lipinski definition) is 12. The van der Waals surface area contributed by atoms with Gasteiger partial charge in [-0.3, -0.25) is 14.5 Å². The van der Waals surface area contributed by atoms with Crippen LogP contribution in [0.15, 0.2) is 16.6 Å². The molecule has 0 saturated carbocycles. The summed E-state index contributed by atoms with van der Waals surface area (Å²) >= 11 is 0.688. The van der Waals surface area contributed by atoms with Crippen LogP contribution in [-0.2, 0) is 28.7 Å². The summed E-state index contributed by atoms with van der Waals surface area (Å²) in [6, 6.07) is -2.41. The van der Waals surface area contributed by atoms with E-state index in [2.05, 4.69) is 24.0 Å². The summed E-state index contributed by atoms with van der Waals surface area (Å²) in [4.78, 5) is 40.5. The molecule has 2 aliphatic heterocycles. The van der Waals surface area contributed by atoms with Gasteiger partial charge in [0.1, 0.15) is 6.04 Å². The van der Waals surface area contributed by atoms with Crippen molar-refractivity contribution in [1.29, 1.82) is 0 Å². The third-order valence-corrected chi connectivity index (χ3v) is 5.87. The number of carbonyl (C=O) groups is 3. The molecule has 0 aromatic carbocycles. The lowest BCUT2D eigenvalue weighted by Crippen LogP contribution is -2.72. The minimum atomic E-state index is -6.17. The molecule has 3 rings (SSSR count). The predicted molar refractivity (Wildman–Crippen MR) is 95.2 cm³/mol. The molecule has 0 bridgehead atoms. The molecule has 1 aromatic heterocycles. The van der Waals surface area contributed by atoms with Crippen molar-refractivity contribution in [3.05, 3.63) is 17.3 Å². The van der Waals surface area contributed by atoms with Crippen LogP contribution in [0.2, 0.25) is 0 Å². The van der Waals surface area contributed by atoms with Crippen molar-refractivity contribution in [3.63, 3.8) is 0 Å². The first-order valence-corrected chi connectivity index (χ1v) is 10.4. The van der Waals surface area contributed by atoms with E-state index in [9.17, 15) is 41.1 Å². The summed E-state index contributed by atoms with van der Waals surface area (Å²) in [5, 5.41) is 23.2. The average molecular weight is 500 g/mol. The van der Waals surface area contributed by atoms with Gasteiger partial charge in [0.25, 0.3) is 11.8 Å². The fraction of sp³-hybridized carbons (Fsp3) is 0.385. The lowest BCUT2D eigenvalue weighted by Gasteiger charge is -2.49. The van der Waals surface area contributed by atoms with E-state index in [4.69, 9.17) is 10.9 Å². The number of nitrogens with two attached hydrogens (primary N) is 1. The Kier molecular flexibility index (Phi) is 5.72. The van der Waals surface area contributed by atoms with E-state index in [-0.39, 0.29) is 17.4 Å². The molecule has 3 heterocycles. The van der Waals surface area contributed by atoms with Crippen LogP contribution >= 0.6 is 11.5 Å². The molecule has 2 aliphatic rings. The van der Waals surface area contributed by atoms with Crippen molar-refractivity contribution in [2.75, 3.05) is 5.73 Å². The molecule has 32 heavy (non-hydrogen) atoms. The molecule has 0 radical (unpaired) electrons. The molecule has 0 aliphatic carbocycles. The van der Waals surface area contributed by atoms with Gasteiger partial charge in [-0.1, -0.05) is 5.16 Å². The van der Waals surface area contributed by atoms with E-state index in [0.29, 0.717) is 16.4 Å². The molecule has 2 amide bonds. The maximum absolute atomic E-state index is 12.6. The number of nitrogens with zero attached hydrogens (tertiary/aromatic N) is 4. The number of hydrogen-bond donors (Lipinski definition) is 4. The number of nitrogens with one attached hydrogen (secondary N) is 1. The quantitative estimate of drug-likeness (QED) is 0.0923. The number of aromatic nitrogens is 2. The number of nitrogen functional groups attached to an aromatic ring is 1. The Bertz CT molecular complexity index is 1160. The molecule has 5 N–H and O–H groups in total. The molecule has 1 fully saturated rings. The number of oxime groups is 1.